The van der Waals surface area contributed by atoms with Gasteiger partial charge in [-0.3, -0.25) is 9.69 Å². The Kier molecular flexibility index (Phi) is 4.10. The van der Waals surface area contributed by atoms with Crippen molar-refractivity contribution in [2.45, 2.75) is 26.4 Å². The maximum atomic E-state index is 12.6. The Hall–Kier alpha value is -2.51. The molecule has 0 amide bonds. The zero-order chi connectivity index (χ0) is 17.4. The van der Waals surface area contributed by atoms with Gasteiger partial charge in [-0.2, -0.15) is 0 Å². The van der Waals surface area contributed by atoms with Gasteiger partial charge in [0.1, 0.15) is 5.82 Å². The van der Waals surface area contributed by atoms with Crippen LogP contribution >= 0.6 is 11.3 Å². The van der Waals surface area contributed by atoms with E-state index in [0.29, 0.717) is 18.1 Å². The summed E-state index contributed by atoms with van der Waals surface area (Å²) >= 11 is 1.66. The largest absolute Gasteiger partial charge is 0.399 e. The van der Waals surface area contributed by atoms with Gasteiger partial charge in [0, 0.05) is 42.7 Å². The first-order valence-electron chi connectivity index (χ1n) is 8.20. The Morgan fingerprint density at radius 1 is 1.28 bits per heavy atom. The van der Waals surface area contributed by atoms with Crippen molar-refractivity contribution in [3.05, 3.63) is 62.0 Å². The number of nitrogens with one attached hydrogen (secondary N) is 1. The number of nitrogens with two attached hydrogens (primary N) is 1. The summed E-state index contributed by atoms with van der Waals surface area (Å²) in [7, 11) is 0. The summed E-state index contributed by atoms with van der Waals surface area (Å²) in [6.45, 7) is 4.26. The van der Waals surface area contributed by atoms with Crippen LogP contribution in [0.15, 0.2) is 34.4 Å². The van der Waals surface area contributed by atoms with Crippen LogP contribution in [0.5, 0.6) is 0 Å². The lowest BCUT2D eigenvalue weighted by Crippen LogP contribution is -2.35. The topological polar surface area (TPSA) is 87.9 Å². The van der Waals surface area contributed by atoms with Gasteiger partial charge in [0.25, 0.3) is 5.56 Å². The van der Waals surface area contributed by atoms with E-state index in [1.807, 2.05) is 31.2 Å². The molecule has 7 heteroatoms. The van der Waals surface area contributed by atoms with Crippen LogP contribution in [0.25, 0.3) is 11.4 Å². The number of hydrogen-bond acceptors (Lipinski definition) is 6. The van der Waals surface area contributed by atoms with E-state index < -0.39 is 0 Å². The van der Waals surface area contributed by atoms with E-state index >= 15 is 0 Å². The lowest BCUT2D eigenvalue weighted by Gasteiger charge is -2.27. The molecule has 4 rings (SSSR count). The number of rotatable bonds is 3. The van der Waals surface area contributed by atoms with Gasteiger partial charge >= 0.3 is 0 Å². The molecule has 1 aliphatic rings. The SMILES string of the molecule is Cc1nc(CN2CCc3nc(-c4ccc(N)cc4)[nH]c(=O)c3C2)cs1. The lowest BCUT2D eigenvalue weighted by atomic mass is 10.1. The van der Waals surface area contributed by atoms with Gasteiger partial charge in [0.05, 0.1) is 22.0 Å². The number of thiazole rings is 1. The highest BCUT2D eigenvalue weighted by Crippen LogP contribution is 2.21. The van der Waals surface area contributed by atoms with Crippen LogP contribution in [-0.4, -0.2) is 26.4 Å². The third kappa shape index (κ3) is 3.33. The highest BCUT2D eigenvalue weighted by Gasteiger charge is 2.22. The van der Waals surface area contributed by atoms with Crippen molar-refractivity contribution in [1.82, 2.24) is 19.9 Å². The smallest absolute Gasteiger partial charge is 0.255 e. The minimum absolute atomic E-state index is 0.0593. The molecule has 0 saturated carbocycles. The number of nitrogens with zero attached hydrogens (tertiary/aromatic N) is 3. The van der Waals surface area contributed by atoms with Crippen molar-refractivity contribution in [1.29, 1.82) is 0 Å². The molecule has 0 spiro atoms. The fourth-order valence-electron chi connectivity index (χ4n) is 3.10. The molecular weight excluding hydrogens is 334 g/mol. The number of aryl methyl sites for hydroxylation is 1. The summed E-state index contributed by atoms with van der Waals surface area (Å²) < 4.78 is 0. The predicted molar refractivity (Wildman–Crippen MR) is 99.4 cm³/mol. The van der Waals surface area contributed by atoms with E-state index in [0.717, 1.165) is 47.0 Å². The Balaban J connectivity index is 1.59. The van der Waals surface area contributed by atoms with E-state index in [1.165, 1.54) is 0 Å². The van der Waals surface area contributed by atoms with E-state index in [4.69, 9.17) is 5.73 Å². The zero-order valence-electron chi connectivity index (χ0n) is 14.0. The molecule has 3 aromatic rings. The molecule has 128 valence electrons. The van der Waals surface area contributed by atoms with Gasteiger partial charge in [0.2, 0.25) is 0 Å². The van der Waals surface area contributed by atoms with Crippen LogP contribution in [-0.2, 0) is 19.5 Å². The van der Waals surface area contributed by atoms with Crippen LogP contribution in [0.3, 0.4) is 0 Å². The van der Waals surface area contributed by atoms with E-state index in [1.54, 1.807) is 11.3 Å². The van der Waals surface area contributed by atoms with Crippen molar-refractivity contribution in [2.24, 2.45) is 0 Å². The molecule has 25 heavy (non-hydrogen) atoms. The molecule has 6 nitrogen and oxygen atoms in total. The molecule has 0 fully saturated rings. The molecular formula is C18H19N5OS. The Morgan fingerprint density at radius 3 is 2.80 bits per heavy atom. The van der Waals surface area contributed by atoms with Crippen LogP contribution in [0.4, 0.5) is 5.69 Å². The summed E-state index contributed by atoms with van der Waals surface area (Å²) in [6.07, 6.45) is 0.768. The number of nitrogen functional groups attached to an aromatic ring is 1. The average Bonchev–Trinajstić information content (AvgIpc) is 3.01. The molecule has 0 atom stereocenters. The molecule has 0 bridgehead atoms. The monoisotopic (exact) mass is 353 g/mol. The first-order chi connectivity index (χ1) is 12.1. The van der Waals surface area contributed by atoms with Crippen molar-refractivity contribution < 1.29 is 0 Å². The van der Waals surface area contributed by atoms with Gasteiger partial charge in [-0.25, -0.2) is 9.97 Å². The van der Waals surface area contributed by atoms with E-state index in [9.17, 15) is 4.79 Å². The summed E-state index contributed by atoms with van der Waals surface area (Å²) in [4.78, 5) is 26.9. The molecule has 3 heterocycles. The maximum absolute atomic E-state index is 12.6. The zero-order valence-corrected chi connectivity index (χ0v) is 14.8. The highest BCUT2D eigenvalue weighted by atomic mass is 32.1. The number of benzene rings is 1. The maximum Gasteiger partial charge on any atom is 0.255 e. The molecule has 0 unspecified atom stereocenters. The van der Waals surface area contributed by atoms with Gasteiger partial charge in [-0.15, -0.1) is 11.3 Å². The van der Waals surface area contributed by atoms with Crippen LogP contribution in [0, 0.1) is 6.92 Å². The molecule has 0 saturated heterocycles. The number of H-pyrrole nitrogens is 1. The van der Waals surface area contributed by atoms with Gasteiger partial charge in [-0.1, -0.05) is 0 Å². The number of hydrogen-bond donors (Lipinski definition) is 2. The van der Waals surface area contributed by atoms with Crippen molar-refractivity contribution >= 4 is 17.0 Å². The number of aromatic amines is 1. The number of fused-ring (bicyclic) bond motifs is 1. The number of aromatic nitrogens is 3. The first kappa shape index (κ1) is 16.0. The van der Waals surface area contributed by atoms with Gasteiger partial charge < -0.3 is 10.7 Å². The molecule has 2 aromatic heterocycles. The normalized spacial score (nSPS) is 14.4. The second-order valence-corrected chi connectivity index (χ2v) is 7.34. The van der Waals surface area contributed by atoms with E-state index in [2.05, 4.69) is 25.2 Å². The van der Waals surface area contributed by atoms with E-state index in [-0.39, 0.29) is 5.56 Å². The minimum atomic E-state index is -0.0593. The molecule has 1 aromatic carbocycles. The third-order valence-electron chi connectivity index (χ3n) is 4.38. The van der Waals surface area contributed by atoms with Crippen LogP contribution < -0.4 is 11.3 Å². The fourth-order valence-corrected chi connectivity index (χ4v) is 3.71. The second-order valence-electron chi connectivity index (χ2n) is 6.28. The lowest BCUT2D eigenvalue weighted by molar-refractivity contribution is 0.239. The Morgan fingerprint density at radius 2 is 2.08 bits per heavy atom. The van der Waals surface area contributed by atoms with Crippen molar-refractivity contribution in [3.63, 3.8) is 0 Å². The predicted octanol–water partition coefficient (Wildman–Crippen LogP) is 2.34. The molecule has 0 radical (unpaired) electrons. The molecule has 3 N–H and O–H groups in total. The summed E-state index contributed by atoms with van der Waals surface area (Å²) in [5, 5.41) is 3.15. The number of anilines is 1. The highest BCUT2D eigenvalue weighted by molar-refractivity contribution is 7.09. The summed E-state index contributed by atoms with van der Waals surface area (Å²) in [5.41, 5.74) is 9.94. The second kappa shape index (κ2) is 6.42. The van der Waals surface area contributed by atoms with Crippen molar-refractivity contribution in [3.8, 4) is 11.4 Å². The quantitative estimate of drug-likeness (QED) is 0.706. The minimum Gasteiger partial charge on any atom is -0.399 e. The van der Waals surface area contributed by atoms with Crippen LogP contribution in [0.1, 0.15) is 22.0 Å². The van der Waals surface area contributed by atoms with Gasteiger partial charge in [-0.05, 0) is 31.2 Å². The molecule has 0 aliphatic carbocycles. The standard InChI is InChI=1S/C18H19N5OS/c1-11-20-14(10-25-11)8-23-7-6-16-15(9-23)18(24)22-17(21-16)12-2-4-13(19)5-3-12/h2-5,10H,6-9,19H2,1H3,(H,21,22,24). The average molecular weight is 353 g/mol. The first-order valence-corrected chi connectivity index (χ1v) is 9.08. The Labute approximate surface area is 149 Å². The van der Waals surface area contributed by atoms with Crippen molar-refractivity contribution in [2.75, 3.05) is 12.3 Å². The van der Waals surface area contributed by atoms with Crippen LogP contribution in [0.2, 0.25) is 0 Å². The summed E-state index contributed by atoms with van der Waals surface area (Å²) in [5.74, 6) is 0.604. The third-order valence-corrected chi connectivity index (χ3v) is 5.21. The van der Waals surface area contributed by atoms with Gasteiger partial charge in [0.15, 0.2) is 0 Å². The molecule has 1 aliphatic heterocycles. The summed E-state index contributed by atoms with van der Waals surface area (Å²) in [6, 6.07) is 7.37. The Bertz CT molecular complexity index is 960. The fraction of sp³-hybridized carbons (Fsp3) is 0.278.